The summed E-state index contributed by atoms with van der Waals surface area (Å²) < 4.78 is 10.4. The molecule has 0 aromatic carbocycles. The molecule has 19 heavy (non-hydrogen) atoms. The average Bonchev–Trinajstić information content (AvgIpc) is 2.41. The van der Waals surface area contributed by atoms with E-state index in [1.165, 1.54) is 20.2 Å². The van der Waals surface area contributed by atoms with Crippen LogP contribution < -0.4 is 20.7 Å². The quantitative estimate of drug-likeness (QED) is 0.516. The van der Waals surface area contributed by atoms with Gasteiger partial charge in [-0.1, -0.05) is 6.08 Å². The third kappa shape index (κ3) is 3.59. The van der Waals surface area contributed by atoms with Crippen LogP contribution in [0.2, 0.25) is 0 Å². The van der Waals surface area contributed by atoms with E-state index < -0.39 is 12.1 Å². The Balaban J connectivity index is 3.06. The van der Waals surface area contributed by atoms with E-state index in [0.717, 1.165) is 0 Å². The van der Waals surface area contributed by atoms with Gasteiger partial charge in [0, 0.05) is 6.07 Å². The van der Waals surface area contributed by atoms with E-state index in [1.54, 1.807) is 19.1 Å². The number of hydrogen-bond acceptors (Lipinski definition) is 6. The van der Waals surface area contributed by atoms with Crippen molar-refractivity contribution in [1.29, 1.82) is 0 Å². The molecule has 1 unspecified atom stereocenters. The molecule has 0 amide bonds. The number of aliphatic carboxylic acids is 1. The Morgan fingerprint density at radius 2 is 2.26 bits per heavy atom. The number of nitrogens with one attached hydrogen (secondary N) is 1. The molecule has 7 heteroatoms. The van der Waals surface area contributed by atoms with Gasteiger partial charge in [-0.15, -0.1) is 0 Å². The van der Waals surface area contributed by atoms with E-state index in [1.807, 2.05) is 0 Å². The fourth-order valence-corrected chi connectivity index (χ4v) is 1.37. The molecule has 1 atom stereocenters. The van der Waals surface area contributed by atoms with Gasteiger partial charge < -0.3 is 20.0 Å². The zero-order valence-electron chi connectivity index (χ0n) is 11.0. The smallest absolute Gasteiger partial charge is 0.344 e. The summed E-state index contributed by atoms with van der Waals surface area (Å²) in [6.07, 6.45) is 2.16. The highest BCUT2D eigenvalue weighted by molar-refractivity contribution is 5.72. The van der Waals surface area contributed by atoms with Crippen molar-refractivity contribution in [2.75, 3.05) is 7.11 Å². The van der Waals surface area contributed by atoms with Crippen molar-refractivity contribution < 1.29 is 19.4 Å². The van der Waals surface area contributed by atoms with Gasteiger partial charge in [0.1, 0.15) is 0 Å². The van der Waals surface area contributed by atoms with Crippen LogP contribution in [0.3, 0.4) is 0 Å². The number of hydrogen-bond donors (Lipinski definition) is 3. The van der Waals surface area contributed by atoms with Crippen molar-refractivity contribution in [2.45, 2.75) is 20.0 Å². The number of hydrazine groups is 1. The molecule has 1 rings (SSSR count). The van der Waals surface area contributed by atoms with Crippen LogP contribution in [0.25, 0.3) is 5.70 Å². The van der Waals surface area contributed by atoms with E-state index in [0.29, 0.717) is 17.1 Å². The SMILES string of the molecule is C/C=C(\NN)c1cc(OC)c(OC(C)C(=O)O)cn1. The topological polar surface area (TPSA) is 107 Å². The summed E-state index contributed by atoms with van der Waals surface area (Å²) in [5.74, 6) is 4.93. The second kappa shape index (κ2) is 6.60. The Bertz CT molecular complexity index is 488. The molecule has 0 saturated heterocycles. The first-order valence-electron chi connectivity index (χ1n) is 5.60. The van der Waals surface area contributed by atoms with Crippen LogP contribution in [0.15, 0.2) is 18.3 Å². The second-order valence-corrected chi connectivity index (χ2v) is 3.67. The zero-order chi connectivity index (χ0) is 14.4. The summed E-state index contributed by atoms with van der Waals surface area (Å²) in [6.45, 7) is 3.23. The first-order valence-corrected chi connectivity index (χ1v) is 5.60. The Morgan fingerprint density at radius 1 is 1.58 bits per heavy atom. The summed E-state index contributed by atoms with van der Waals surface area (Å²) in [5.41, 5.74) is 3.69. The van der Waals surface area contributed by atoms with Crippen molar-refractivity contribution in [2.24, 2.45) is 5.84 Å². The van der Waals surface area contributed by atoms with Gasteiger partial charge in [0.2, 0.25) is 0 Å². The standard InChI is InChI=1S/C12H17N3O4/c1-4-8(15-13)9-5-10(18-3)11(6-14-9)19-7(2)12(16)17/h4-7,15H,13H2,1-3H3,(H,16,17)/b8-4-. The maximum Gasteiger partial charge on any atom is 0.344 e. The molecule has 0 aliphatic heterocycles. The minimum Gasteiger partial charge on any atom is -0.493 e. The highest BCUT2D eigenvalue weighted by Crippen LogP contribution is 2.29. The van der Waals surface area contributed by atoms with Gasteiger partial charge in [-0.25, -0.2) is 4.79 Å². The van der Waals surface area contributed by atoms with Crippen LogP contribution in [0.5, 0.6) is 11.5 Å². The van der Waals surface area contributed by atoms with Crippen molar-refractivity contribution >= 4 is 11.7 Å². The highest BCUT2D eigenvalue weighted by atomic mass is 16.5. The van der Waals surface area contributed by atoms with E-state index in [2.05, 4.69) is 10.4 Å². The number of allylic oxidation sites excluding steroid dienone is 1. The molecule has 0 fully saturated rings. The minimum atomic E-state index is -1.07. The second-order valence-electron chi connectivity index (χ2n) is 3.67. The monoisotopic (exact) mass is 267 g/mol. The predicted molar refractivity (Wildman–Crippen MR) is 69.5 cm³/mol. The lowest BCUT2D eigenvalue weighted by atomic mass is 10.2. The lowest BCUT2D eigenvalue weighted by Gasteiger charge is -2.14. The van der Waals surface area contributed by atoms with E-state index in [4.69, 9.17) is 20.4 Å². The fraction of sp³-hybridized carbons (Fsp3) is 0.333. The van der Waals surface area contributed by atoms with Crippen molar-refractivity contribution in [3.8, 4) is 11.5 Å². The normalized spacial score (nSPS) is 12.7. The zero-order valence-corrected chi connectivity index (χ0v) is 11.0. The number of carbonyl (C=O) groups is 1. The molecule has 104 valence electrons. The third-order valence-electron chi connectivity index (χ3n) is 2.42. The summed E-state index contributed by atoms with van der Waals surface area (Å²) in [6, 6.07) is 1.61. The minimum absolute atomic E-state index is 0.258. The molecular formula is C12H17N3O4. The van der Waals surface area contributed by atoms with E-state index in [9.17, 15) is 4.79 Å². The van der Waals surface area contributed by atoms with E-state index in [-0.39, 0.29) is 5.75 Å². The first kappa shape index (κ1) is 14.8. The lowest BCUT2D eigenvalue weighted by Crippen LogP contribution is -2.23. The molecule has 0 saturated carbocycles. The predicted octanol–water partition coefficient (Wildman–Crippen LogP) is 0.766. The number of nitrogens with two attached hydrogens (primary N) is 1. The Hall–Kier alpha value is -2.28. The molecular weight excluding hydrogens is 250 g/mol. The summed E-state index contributed by atoms with van der Waals surface area (Å²) >= 11 is 0. The maximum absolute atomic E-state index is 10.7. The number of carboxylic acids is 1. The van der Waals surface area contributed by atoms with Crippen LogP contribution in [0.4, 0.5) is 0 Å². The number of carboxylic acid groups (broad SMARTS) is 1. The highest BCUT2D eigenvalue weighted by Gasteiger charge is 2.16. The molecule has 1 aromatic heterocycles. The molecule has 1 aromatic rings. The third-order valence-corrected chi connectivity index (χ3v) is 2.42. The van der Waals surface area contributed by atoms with Crippen LogP contribution >= 0.6 is 0 Å². The average molecular weight is 267 g/mol. The van der Waals surface area contributed by atoms with Gasteiger partial charge in [0.15, 0.2) is 17.6 Å². The number of aromatic nitrogens is 1. The Kier molecular flexibility index (Phi) is 5.13. The van der Waals surface area contributed by atoms with Gasteiger partial charge in [-0.2, -0.15) is 0 Å². The van der Waals surface area contributed by atoms with Crippen LogP contribution in [-0.4, -0.2) is 29.3 Å². The molecule has 0 aliphatic rings. The van der Waals surface area contributed by atoms with Crippen molar-refractivity contribution in [1.82, 2.24) is 10.4 Å². The van der Waals surface area contributed by atoms with Crippen LogP contribution in [-0.2, 0) is 4.79 Å². The number of ether oxygens (including phenoxy) is 2. The maximum atomic E-state index is 10.7. The van der Waals surface area contributed by atoms with Gasteiger partial charge >= 0.3 is 5.97 Å². The largest absolute Gasteiger partial charge is 0.493 e. The Morgan fingerprint density at radius 3 is 2.74 bits per heavy atom. The Labute approximate surface area is 111 Å². The number of nitrogens with zero attached hydrogens (tertiary/aromatic N) is 1. The van der Waals surface area contributed by atoms with Gasteiger partial charge in [-0.05, 0) is 13.8 Å². The molecule has 0 spiro atoms. The molecule has 0 radical (unpaired) electrons. The molecule has 1 heterocycles. The van der Waals surface area contributed by atoms with Gasteiger partial charge in [0.05, 0.1) is 24.7 Å². The first-order chi connectivity index (χ1) is 9.03. The summed E-state index contributed by atoms with van der Waals surface area (Å²) in [5, 5.41) is 8.80. The molecule has 0 aliphatic carbocycles. The van der Waals surface area contributed by atoms with Gasteiger partial charge in [0.25, 0.3) is 0 Å². The van der Waals surface area contributed by atoms with Gasteiger partial charge in [-0.3, -0.25) is 10.8 Å². The fourth-order valence-electron chi connectivity index (χ4n) is 1.37. The van der Waals surface area contributed by atoms with Crippen molar-refractivity contribution in [3.05, 3.63) is 24.0 Å². The van der Waals surface area contributed by atoms with Crippen LogP contribution in [0, 0.1) is 0 Å². The molecule has 0 bridgehead atoms. The van der Waals surface area contributed by atoms with E-state index >= 15 is 0 Å². The number of pyridine rings is 1. The summed E-state index contributed by atoms with van der Waals surface area (Å²) in [7, 11) is 1.46. The summed E-state index contributed by atoms with van der Waals surface area (Å²) in [4.78, 5) is 14.9. The van der Waals surface area contributed by atoms with Crippen LogP contribution in [0.1, 0.15) is 19.5 Å². The molecule has 4 N–H and O–H groups in total. The number of methoxy groups -OCH3 is 1. The van der Waals surface area contributed by atoms with Crippen molar-refractivity contribution in [3.63, 3.8) is 0 Å². The lowest BCUT2D eigenvalue weighted by molar-refractivity contribution is -0.144. The number of rotatable bonds is 6. The molecule has 7 nitrogen and oxygen atoms in total.